The zero-order valence-corrected chi connectivity index (χ0v) is 12.6. The molecule has 1 aliphatic rings. The van der Waals surface area contributed by atoms with Crippen molar-refractivity contribution < 1.29 is 0 Å². The molecule has 0 N–H and O–H groups in total. The Morgan fingerprint density at radius 3 is 2.76 bits per heavy atom. The van der Waals surface area contributed by atoms with Gasteiger partial charge in [-0.2, -0.15) is 5.26 Å². The maximum atomic E-state index is 9.05. The number of nitriles is 1. The molecule has 0 bridgehead atoms. The van der Waals surface area contributed by atoms with E-state index in [1.807, 2.05) is 16.7 Å². The predicted molar refractivity (Wildman–Crippen MR) is 81.9 cm³/mol. The van der Waals surface area contributed by atoms with E-state index in [1.54, 1.807) is 6.07 Å². The monoisotopic (exact) mass is 282 g/mol. The van der Waals surface area contributed by atoms with Gasteiger partial charge >= 0.3 is 0 Å². The zero-order chi connectivity index (χ0) is 14.7. The van der Waals surface area contributed by atoms with E-state index in [2.05, 4.69) is 23.2 Å². The van der Waals surface area contributed by atoms with Crippen molar-refractivity contribution >= 4 is 5.65 Å². The first kappa shape index (κ1) is 14.1. The van der Waals surface area contributed by atoms with Gasteiger partial charge in [0.25, 0.3) is 0 Å². The molecule has 21 heavy (non-hydrogen) atoms. The van der Waals surface area contributed by atoms with Gasteiger partial charge in [0.15, 0.2) is 5.65 Å². The first-order chi connectivity index (χ1) is 10.3. The number of hydrogen-bond acceptors (Lipinski definition) is 3. The van der Waals surface area contributed by atoms with Crippen molar-refractivity contribution in [3.05, 3.63) is 29.7 Å². The maximum Gasteiger partial charge on any atom is 0.160 e. The SMILES string of the molecule is CCCCC1CCC(c2nnc3ccc(C#N)cn23)CC1. The molecule has 2 aromatic heterocycles. The van der Waals surface area contributed by atoms with Crippen LogP contribution in [0.15, 0.2) is 18.3 Å². The van der Waals surface area contributed by atoms with Gasteiger partial charge in [-0.15, -0.1) is 10.2 Å². The molecule has 1 fully saturated rings. The van der Waals surface area contributed by atoms with Gasteiger partial charge in [0, 0.05) is 12.1 Å². The highest BCUT2D eigenvalue weighted by Gasteiger charge is 2.25. The van der Waals surface area contributed by atoms with Crippen molar-refractivity contribution in [1.82, 2.24) is 14.6 Å². The molecule has 0 aliphatic heterocycles. The molecule has 1 aliphatic carbocycles. The molecule has 0 aromatic carbocycles. The number of fused-ring (bicyclic) bond motifs is 1. The van der Waals surface area contributed by atoms with Crippen molar-refractivity contribution in [3.8, 4) is 6.07 Å². The van der Waals surface area contributed by atoms with Gasteiger partial charge in [-0.05, 0) is 43.7 Å². The van der Waals surface area contributed by atoms with Crippen LogP contribution in [0, 0.1) is 17.2 Å². The van der Waals surface area contributed by atoms with Crippen LogP contribution >= 0.6 is 0 Å². The third-order valence-corrected chi connectivity index (χ3v) is 4.74. The normalized spacial score (nSPS) is 22.3. The van der Waals surface area contributed by atoms with Crippen LogP contribution in [0.4, 0.5) is 0 Å². The van der Waals surface area contributed by atoms with Crippen molar-refractivity contribution in [1.29, 1.82) is 5.26 Å². The number of pyridine rings is 1. The van der Waals surface area contributed by atoms with Crippen molar-refractivity contribution in [2.45, 2.75) is 57.8 Å². The van der Waals surface area contributed by atoms with Gasteiger partial charge < -0.3 is 0 Å². The van der Waals surface area contributed by atoms with Gasteiger partial charge in [0.05, 0.1) is 5.56 Å². The highest BCUT2D eigenvalue weighted by atomic mass is 15.2. The fourth-order valence-electron chi connectivity index (χ4n) is 3.46. The van der Waals surface area contributed by atoms with E-state index in [9.17, 15) is 0 Å². The Morgan fingerprint density at radius 1 is 1.24 bits per heavy atom. The van der Waals surface area contributed by atoms with Crippen LogP contribution in [0.2, 0.25) is 0 Å². The van der Waals surface area contributed by atoms with Crippen LogP contribution in [0.1, 0.15) is 69.2 Å². The summed E-state index contributed by atoms with van der Waals surface area (Å²) in [4.78, 5) is 0. The molecule has 110 valence electrons. The Kier molecular flexibility index (Phi) is 4.19. The lowest BCUT2D eigenvalue weighted by atomic mass is 9.79. The number of hydrogen-bond donors (Lipinski definition) is 0. The number of nitrogens with zero attached hydrogens (tertiary/aromatic N) is 4. The van der Waals surface area contributed by atoms with E-state index in [0.717, 1.165) is 17.4 Å². The first-order valence-corrected chi connectivity index (χ1v) is 8.06. The molecule has 4 heteroatoms. The largest absolute Gasteiger partial charge is 0.285 e. The third-order valence-electron chi connectivity index (χ3n) is 4.74. The summed E-state index contributed by atoms with van der Waals surface area (Å²) in [6, 6.07) is 5.87. The molecule has 1 saturated carbocycles. The molecule has 0 atom stereocenters. The van der Waals surface area contributed by atoms with E-state index in [1.165, 1.54) is 44.9 Å². The van der Waals surface area contributed by atoms with Gasteiger partial charge in [-0.3, -0.25) is 4.40 Å². The molecule has 0 unspecified atom stereocenters. The summed E-state index contributed by atoms with van der Waals surface area (Å²) < 4.78 is 2.01. The van der Waals surface area contributed by atoms with Crippen LogP contribution in [0.5, 0.6) is 0 Å². The minimum Gasteiger partial charge on any atom is -0.285 e. The molecule has 3 rings (SSSR count). The van der Waals surface area contributed by atoms with Crippen LogP contribution in [-0.4, -0.2) is 14.6 Å². The van der Waals surface area contributed by atoms with Crippen molar-refractivity contribution in [2.24, 2.45) is 5.92 Å². The molecule has 2 heterocycles. The zero-order valence-electron chi connectivity index (χ0n) is 12.6. The molecule has 0 spiro atoms. The molecular weight excluding hydrogens is 260 g/mol. The second-order valence-corrected chi connectivity index (χ2v) is 6.18. The summed E-state index contributed by atoms with van der Waals surface area (Å²) in [6.45, 7) is 2.26. The fraction of sp³-hybridized carbons (Fsp3) is 0.588. The molecule has 4 nitrogen and oxygen atoms in total. The first-order valence-electron chi connectivity index (χ1n) is 8.06. The predicted octanol–water partition coefficient (Wildman–Crippen LogP) is 4.06. The third kappa shape index (κ3) is 2.92. The van der Waals surface area contributed by atoms with Gasteiger partial charge in [0.2, 0.25) is 0 Å². The Hall–Kier alpha value is -1.89. The standard InChI is InChI=1S/C17H22N4/c1-2-3-4-13-5-8-15(9-6-13)17-20-19-16-10-7-14(11-18)12-21(16)17/h7,10,12-13,15H,2-6,8-9H2,1H3. The van der Waals surface area contributed by atoms with Gasteiger partial charge in [0.1, 0.15) is 11.9 Å². The highest BCUT2D eigenvalue weighted by molar-refractivity contribution is 5.43. The number of unbranched alkanes of at least 4 members (excludes halogenated alkanes) is 1. The summed E-state index contributed by atoms with van der Waals surface area (Å²) in [5, 5.41) is 17.7. The Morgan fingerprint density at radius 2 is 2.05 bits per heavy atom. The summed E-state index contributed by atoms with van der Waals surface area (Å²) in [6.07, 6.45) is 10.9. The average molecular weight is 282 g/mol. The molecule has 0 amide bonds. The fourth-order valence-corrected chi connectivity index (χ4v) is 3.46. The highest BCUT2D eigenvalue weighted by Crippen LogP contribution is 2.37. The molecule has 0 saturated heterocycles. The smallest absolute Gasteiger partial charge is 0.160 e. The quantitative estimate of drug-likeness (QED) is 0.849. The van der Waals surface area contributed by atoms with Crippen LogP contribution in [0.25, 0.3) is 5.65 Å². The van der Waals surface area contributed by atoms with Crippen molar-refractivity contribution in [3.63, 3.8) is 0 Å². The summed E-state index contributed by atoms with van der Waals surface area (Å²) >= 11 is 0. The number of rotatable bonds is 4. The summed E-state index contributed by atoms with van der Waals surface area (Å²) in [7, 11) is 0. The van der Waals surface area contributed by atoms with E-state index in [4.69, 9.17) is 5.26 Å². The molecule has 2 aromatic rings. The topological polar surface area (TPSA) is 54.0 Å². The van der Waals surface area contributed by atoms with Crippen LogP contribution in [0.3, 0.4) is 0 Å². The van der Waals surface area contributed by atoms with Crippen molar-refractivity contribution in [2.75, 3.05) is 0 Å². The van der Waals surface area contributed by atoms with E-state index < -0.39 is 0 Å². The summed E-state index contributed by atoms with van der Waals surface area (Å²) in [5.74, 6) is 2.43. The Balaban J connectivity index is 1.75. The summed E-state index contributed by atoms with van der Waals surface area (Å²) in [5.41, 5.74) is 1.51. The van der Waals surface area contributed by atoms with E-state index in [-0.39, 0.29) is 0 Å². The lowest BCUT2D eigenvalue weighted by molar-refractivity contribution is 0.298. The minimum absolute atomic E-state index is 0.492. The Labute approximate surface area is 125 Å². The second-order valence-electron chi connectivity index (χ2n) is 6.18. The van der Waals surface area contributed by atoms with Crippen LogP contribution < -0.4 is 0 Å². The van der Waals surface area contributed by atoms with Gasteiger partial charge in [-0.25, -0.2) is 0 Å². The average Bonchev–Trinajstić information content (AvgIpc) is 2.96. The van der Waals surface area contributed by atoms with E-state index >= 15 is 0 Å². The van der Waals surface area contributed by atoms with Crippen LogP contribution in [-0.2, 0) is 0 Å². The lowest BCUT2D eigenvalue weighted by Gasteiger charge is -2.27. The lowest BCUT2D eigenvalue weighted by Crippen LogP contribution is -2.15. The molecular formula is C17H22N4. The maximum absolute atomic E-state index is 9.05. The van der Waals surface area contributed by atoms with Gasteiger partial charge in [-0.1, -0.05) is 26.2 Å². The van der Waals surface area contributed by atoms with E-state index in [0.29, 0.717) is 11.5 Å². The minimum atomic E-state index is 0.492. The Bertz CT molecular complexity index is 644. The number of aromatic nitrogens is 3. The second kappa shape index (κ2) is 6.26. The molecule has 0 radical (unpaired) electrons.